The molecule has 1 heterocycles. The maximum absolute atomic E-state index is 11.1. The second-order valence-corrected chi connectivity index (χ2v) is 3.02. The molecule has 0 aliphatic carbocycles. The number of aromatic nitrogens is 1. The van der Waals surface area contributed by atoms with Crippen molar-refractivity contribution in [2.45, 2.75) is 27.3 Å². The summed E-state index contributed by atoms with van der Waals surface area (Å²) in [6, 6.07) is 0. The predicted octanol–water partition coefficient (Wildman–Crippen LogP) is 1.48. The van der Waals surface area contributed by atoms with Crippen molar-refractivity contribution in [3.05, 3.63) is 29.2 Å². The quantitative estimate of drug-likeness (QED) is 0.741. The molecule has 0 aliphatic heterocycles. The highest BCUT2D eigenvalue weighted by Crippen LogP contribution is 2.11. The minimum Gasteiger partial charge on any atom is -0.361 e. The molecule has 0 spiro atoms. The number of carbonyl (C=O) groups is 1. The molecule has 1 N–H and O–H groups in total. The highest BCUT2D eigenvalue weighted by atomic mass is 16.5. The fourth-order valence-corrected chi connectivity index (χ4v) is 1.14. The molecule has 0 atom stereocenters. The predicted molar refractivity (Wildman–Crippen MR) is 52.6 cm³/mol. The molecule has 14 heavy (non-hydrogen) atoms. The Kier molecular flexibility index (Phi) is 3.45. The van der Waals surface area contributed by atoms with Crippen molar-refractivity contribution in [3.8, 4) is 0 Å². The van der Waals surface area contributed by atoms with E-state index in [0.29, 0.717) is 6.54 Å². The minimum atomic E-state index is -0.104. The average molecular weight is 194 g/mol. The number of allylic oxidation sites excluding steroid dienone is 1. The summed E-state index contributed by atoms with van der Waals surface area (Å²) in [4.78, 5) is 11.1. The van der Waals surface area contributed by atoms with Gasteiger partial charge in [-0.25, -0.2) is 0 Å². The fourth-order valence-electron chi connectivity index (χ4n) is 1.14. The van der Waals surface area contributed by atoms with E-state index in [1.807, 2.05) is 13.8 Å². The molecule has 0 saturated carbocycles. The van der Waals surface area contributed by atoms with Gasteiger partial charge in [0.1, 0.15) is 5.76 Å². The van der Waals surface area contributed by atoms with E-state index in [0.717, 1.165) is 17.0 Å². The van der Waals surface area contributed by atoms with Crippen LogP contribution in [0.1, 0.15) is 23.9 Å². The molecule has 0 saturated heterocycles. The van der Waals surface area contributed by atoms with E-state index in [1.165, 1.54) is 6.08 Å². The van der Waals surface area contributed by atoms with Crippen molar-refractivity contribution in [1.29, 1.82) is 0 Å². The van der Waals surface area contributed by atoms with Crippen LogP contribution >= 0.6 is 0 Å². The van der Waals surface area contributed by atoms with Crippen LogP contribution in [0.4, 0.5) is 0 Å². The summed E-state index contributed by atoms with van der Waals surface area (Å²) < 4.78 is 4.97. The molecule has 4 heteroatoms. The van der Waals surface area contributed by atoms with Crippen molar-refractivity contribution in [2.24, 2.45) is 0 Å². The van der Waals surface area contributed by atoms with Crippen LogP contribution in [-0.2, 0) is 11.3 Å². The third-order valence-corrected chi connectivity index (χ3v) is 1.94. The lowest BCUT2D eigenvalue weighted by molar-refractivity contribution is -0.116. The molecule has 1 amide bonds. The second kappa shape index (κ2) is 4.60. The SMILES string of the molecule is CC=CC(=O)NCc1c(C)noc1C. The first-order valence-corrected chi connectivity index (χ1v) is 4.47. The maximum Gasteiger partial charge on any atom is 0.243 e. The number of amides is 1. The lowest BCUT2D eigenvalue weighted by atomic mass is 10.2. The van der Waals surface area contributed by atoms with Crippen molar-refractivity contribution < 1.29 is 9.32 Å². The number of carbonyl (C=O) groups excluding carboxylic acids is 1. The number of hydrogen-bond donors (Lipinski definition) is 1. The Bertz CT molecular complexity index is 334. The van der Waals surface area contributed by atoms with Gasteiger partial charge < -0.3 is 9.84 Å². The highest BCUT2D eigenvalue weighted by Gasteiger charge is 2.08. The van der Waals surface area contributed by atoms with E-state index in [4.69, 9.17) is 4.52 Å². The molecule has 4 nitrogen and oxygen atoms in total. The Hall–Kier alpha value is -1.58. The zero-order valence-corrected chi connectivity index (χ0v) is 8.63. The first-order valence-electron chi connectivity index (χ1n) is 4.47. The zero-order chi connectivity index (χ0) is 10.6. The van der Waals surface area contributed by atoms with Gasteiger partial charge in [-0.1, -0.05) is 11.2 Å². The van der Waals surface area contributed by atoms with Gasteiger partial charge in [0.2, 0.25) is 5.91 Å². The highest BCUT2D eigenvalue weighted by molar-refractivity contribution is 5.87. The van der Waals surface area contributed by atoms with Gasteiger partial charge in [-0.05, 0) is 26.8 Å². The third kappa shape index (κ3) is 2.45. The van der Waals surface area contributed by atoms with E-state index in [2.05, 4.69) is 10.5 Å². The summed E-state index contributed by atoms with van der Waals surface area (Å²) in [5.74, 6) is 0.649. The van der Waals surface area contributed by atoms with E-state index in [9.17, 15) is 4.79 Å². The van der Waals surface area contributed by atoms with Crippen LogP contribution < -0.4 is 5.32 Å². The topological polar surface area (TPSA) is 55.1 Å². The van der Waals surface area contributed by atoms with Crippen LogP contribution in [0.15, 0.2) is 16.7 Å². The van der Waals surface area contributed by atoms with E-state index < -0.39 is 0 Å². The van der Waals surface area contributed by atoms with Gasteiger partial charge in [0.05, 0.1) is 5.69 Å². The summed E-state index contributed by atoms with van der Waals surface area (Å²) >= 11 is 0. The first-order chi connectivity index (χ1) is 6.65. The maximum atomic E-state index is 11.1. The van der Waals surface area contributed by atoms with Crippen LogP contribution in [-0.4, -0.2) is 11.1 Å². The van der Waals surface area contributed by atoms with Gasteiger partial charge in [-0.3, -0.25) is 4.79 Å². The second-order valence-electron chi connectivity index (χ2n) is 3.02. The van der Waals surface area contributed by atoms with E-state index in [1.54, 1.807) is 13.0 Å². The van der Waals surface area contributed by atoms with Crippen molar-refractivity contribution in [2.75, 3.05) is 0 Å². The lowest BCUT2D eigenvalue weighted by Gasteiger charge is -2.00. The fraction of sp³-hybridized carbons (Fsp3) is 0.400. The Labute approximate surface area is 83.0 Å². The molecule has 0 fully saturated rings. The molecule has 76 valence electrons. The van der Waals surface area contributed by atoms with Gasteiger partial charge in [0.15, 0.2) is 0 Å². The van der Waals surface area contributed by atoms with Crippen molar-refractivity contribution >= 4 is 5.91 Å². The van der Waals surface area contributed by atoms with E-state index in [-0.39, 0.29) is 5.91 Å². The molecule has 1 aromatic heterocycles. The van der Waals surface area contributed by atoms with Crippen LogP contribution in [0, 0.1) is 13.8 Å². The monoisotopic (exact) mass is 194 g/mol. The number of rotatable bonds is 3. The number of nitrogens with zero attached hydrogens (tertiary/aromatic N) is 1. The summed E-state index contributed by atoms with van der Waals surface area (Å²) in [5.41, 5.74) is 1.77. The molecular weight excluding hydrogens is 180 g/mol. The van der Waals surface area contributed by atoms with Gasteiger partial charge in [0.25, 0.3) is 0 Å². The summed E-state index contributed by atoms with van der Waals surface area (Å²) in [6.07, 6.45) is 3.18. The molecule has 0 aliphatic rings. The molecule has 0 radical (unpaired) electrons. The normalized spacial score (nSPS) is 10.8. The zero-order valence-electron chi connectivity index (χ0n) is 8.63. The Morgan fingerprint density at radius 2 is 2.29 bits per heavy atom. The van der Waals surface area contributed by atoms with Crippen LogP contribution in [0.2, 0.25) is 0 Å². The van der Waals surface area contributed by atoms with E-state index >= 15 is 0 Å². The molecule has 1 rings (SSSR count). The summed E-state index contributed by atoms with van der Waals surface area (Å²) in [5, 5.41) is 6.54. The van der Waals surface area contributed by atoms with Crippen LogP contribution in [0.25, 0.3) is 0 Å². The van der Waals surface area contributed by atoms with Gasteiger partial charge in [-0.15, -0.1) is 0 Å². The Balaban J connectivity index is 2.57. The van der Waals surface area contributed by atoms with Gasteiger partial charge >= 0.3 is 0 Å². The molecule has 0 unspecified atom stereocenters. The smallest absolute Gasteiger partial charge is 0.243 e. The molecule has 1 aromatic rings. The minimum absolute atomic E-state index is 0.104. The standard InChI is InChI=1S/C10H14N2O2/c1-4-5-10(13)11-6-9-7(2)12-14-8(9)3/h4-5H,6H2,1-3H3,(H,11,13). The molecule has 0 bridgehead atoms. The summed E-state index contributed by atoms with van der Waals surface area (Å²) in [7, 11) is 0. The largest absolute Gasteiger partial charge is 0.361 e. The van der Waals surface area contributed by atoms with Gasteiger partial charge in [0, 0.05) is 12.1 Å². The van der Waals surface area contributed by atoms with Crippen LogP contribution in [0.3, 0.4) is 0 Å². The summed E-state index contributed by atoms with van der Waals surface area (Å²) in [6.45, 7) is 5.95. The van der Waals surface area contributed by atoms with Crippen molar-refractivity contribution in [3.63, 3.8) is 0 Å². The average Bonchev–Trinajstić information content (AvgIpc) is 2.44. The Morgan fingerprint density at radius 3 is 2.79 bits per heavy atom. The lowest BCUT2D eigenvalue weighted by Crippen LogP contribution is -2.20. The third-order valence-electron chi connectivity index (χ3n) is 1.94. The number of nitrogens with one attached hydrogen (secondary N) is 1. The van der Waals surface area contributed by atoms with Crippen LogP contribution in [0.5, 0.6) is 0 Å². The Morgan fingerprint density at radius 1 is 1.57 bits per heavy atom. The molecular formula is C10H14N2O2. The number of hydrogen-bond acceptors (Lipinski definition) is 3. The van der Waals surface area contributed by atoms with Gasteiger partial charge in [-0.2, -0.15) is 0 Å². The number of aryl methyl sites for hydroxylation is 2. The first kappa shape index (κ1) is 10.5. The van der Waals surface area contributed by atoms with Crippen molar-refractivity contribution in [1.82, 2.24) is 10.5 Å². The molecule has 0 aromatic carbocycles.